The average molecular weight is 231 g/mol. The summed E-state index contributed by atoms with van der Waals surface area (Å²) in [5.41, 5.74) is 9.88. The molecule has 0 bridgehead atoms. The Bertz CT molecular complexity index is 531. The minimum Gasteiger partial charge on any atom is -0.496 e. The van der Waals surface area contributed by atoms with Gasteiger partial charge in [-0.25, -0.2) is 0 Å². The fourth-order valence-electron chi connectivity index (χ4n) is 1.96. The van der Waals surface area contributed by atoms with Crippen molar-refractivity contribution in [1.29, 1.82) is 0 Å². The molecule has 2 rings (SSSR count). The maximum absolute atomic E-state index is 5.72. The monoisotopic (exact) mass is 231 g/mol. The number of nitrogens with two attached hydrogens (primary N) is 1. The van der Waals surface area contributed by atoms with Gasteiger partial charge in [0.1, 0.15) is 5.75 Å². The van der Waals surface area contributed by atoms with Crippen molar-refractivity contribution >= 4 is 0 Å². The molecule has 4 nitrogen and oxygen atoms in total. The molecule has 0 fully saturated rings. The molecule has 0 aliphatic carbocycles. The molecule has 0 saturated heterocycles. The summed E-state index contributed by atoms with van der Waals surface area (Å²) >= 11 is 0. The number of hydrogen-bond donors (Lipinski definition) is 1. The molecule has 2 aromatic rings. The Balaban J connectivity index is 2.49. The minimum atomic E-state index is 0.494. The van der Waals surface area contributed by atoms with Crippen molar-refractivity contribution in [3.05, 3.63) is 35.5 Å². The van der Waals surface area contributed by atoms with Crippen LogP contribution in [0.1, 0.15) is 11.1 Å². The van der Waals surface area contributed by atoms with Crippen molar-refractivity contribution in [2.24, 2.45) is 12.8 Å². The van der Waals surface area contributed by atoms with E-state index < -0.39 is 0 Å². The highest BCUT2D eigenvalue weighted by Crippen LogP contribution is 2.27. The van der Waals surface area contributed by atoms with Crippen LogP contribution in [0.4, 0.5) is 0 Å². The Morgan fingerprint density at radius 2 is 2.18 bits per heavy atom. The van der Waals surface area contributed by atoms with Gasteiger partial charge >= 0.3 is 0 Å². The summed E-state index contributed by atoms with van der Waals surface area (Å²) in [6, 6.07) is 6.04. The second-order valence-corrected chi connectivity index (χ2v) is 4.07. The van der Waals surface area contributed by atoms with E-state index >= 15 is 0 Å². The van der Waals surface area contributed by atoms with Crippen LogP contribution in [0.2, 0.25) is 0 Å². The van der Waals surface area contributed by atoms with Crippen LogP contribution in [0.15, 0.2) is 24.4 Å². The van der Waals surface area contributed by atoms with Gasteiger partial charge in [-0.3, -0.25) is 4.68 Å². The van der Waals surface area contributed by atoms with E-state index in [1.807, 2.05) is 32.3 Å². The third-order valence-corrected chi connectivity index (χ3v) is 2.79. The smallest absolute Gasteiger partial charge is 0.121 e. The standard InChI is InChI=1S/C13H17N3O/c1-9-6-10(4-5-12(9)17-3)13-11(7-14)8-16(2)15-13/h4-6,8H,7,14H2,1-3H3. The summed E-state index contributed by atoms with van der Waals surface area (Å²) in [5.74, 6) is 0.888. The third kappa shape index (κ3) is 2.17. The largest absolute Gasteiger partial charge is 0.496 e. The molecule has 0 unspecified atom stereocenters. The van der Waals surface area contributed by atoms with E-state index in [-0.39, 0.29) is 0 Å². The zero-order chi connectivity index (χ0) is 12.4. The van der Waals surface area contributed by atoms with E-state index in [9.17, 15) is 0 Å². The first-order chi connectivity index (χ1) is 8.15. The van der Waals surface area contributed by atoms with Crippen LogP contribution in [0.25, 0.3) is 11.3 Å². The second kappa shape index (κ2) is 4.59. The number of aryl methyl sites for hydroxylation is 2. The van der Waals surface area contributed by atoms with Crippen LogP contribution in [0, 0.1) is 6.92 Å². The average Bonchev–Trinajstić information content (AvgIpc) is 2.70. The molecule has 2 N–H and O–H groups in total. The maximum atomic E-state index is 5.72. The van der Waals surface area contributed by atoms with Gasteiger partial charge in [0.05, 0.1) is 12.8 Å². The summed E-state index contributed by atoms with van der Waals surface area (Å²) in [5, 5.41) is 4.44. The summed E-state index contributed by atoms with van der Waals surface area (Å²) < 4.78 is 7.04. The van der Waals surface area contributed by atoms with Crippen molar-refractivity contribution in [3.8, 4) is 17.0 Å². The van der Waals surface area contributed by atoms with E-state index in [0.717, 1.165) is 28.1 Å². The Kier molecular flexibility index (Phi) is 3.15. The van der Waals surface area contributed by atoms with Gasteiger partial charge in [-0.05, 0) is 30.7 Å². The maximum Gasteiger partial charge on any atom is 0.121 e. The molecule has 0 aliphatic rings. The molecule has 1 aromatic heterocycles. The van der Waals surface area contributed by atoms with Gasteiger partial charge in [0.15, 0.2) is 0 Å². The molecule has 4 heteroatoms. The first-order valence-corrected chi connectivity index (χ1v) is 5.53. The lowest BCUT2D eigenvalue weighted by Gasteiger charge is -2.06. The Morgan fingerprint density at radius 3 is 2.76 bits per heavy atom. The molecule has 0 amide bonds. The zero-order valence-electron chi connectivity index (χ0n) is 10.4. The summed E-state index contributed by atoms with van der Waals surface area (Å²) in [7, 11) is 3.58. The molecule has 0 atom stereocenters. The summed E-state index contributed by atoms with van der Waals surface area (Å²) in [4.78, 5) is 0. The normalized spacial score (nSPS) is 10.6. The fourth-order valence-corrected chi connectivity index (χ4v) is 1.96. The molecule has 0 saturated carbocycles. The Morgan fingerprint density at radius 1 is 1.41 bits per heavy atom. The fraction of sp³-hybridized carbons (Fsp3) is 0.308. The Hall–Kier alpha value is -1.81. The molecule has 1 heterocycles. The van der Waals surface area contributed by atoms with Gasteiger partial charge in [-0.15, -0.1) is 0 Å². The lowest BCUT2D eigenvalue weighted by molar-refractivity contribution is 0.412. The van der Waals surface area contributed by atoms with Gasteiger partial charge in [0.2, 0.25) is 0 Å². The number of benzene rings is 1. The highest BCUT2D eigenvalue weighted by Gasteiger charge is 2.10. The van der Waals surface area contributed by atoms with Crippen LogP contribution in [0.3, 0.4) is 0 Å². The molecule has 0 radical (unpaired) electrons. The van der Waals surface area contributed by atoms with E-state index in [1.54, 1.807) is 11.8 Å². The van der Waals surface area contributed by atoms with Gasteiger partial charge in [0.25, 0.3) is 0 Å². The molecular formula is C13H17N3O. The number of rotatable bonds is 3. The zero-order valence-corrected chi connectivity index (χ0v) is 10.4. The molecule has 17 heavy (non-hydrogen) atoms. The van der Waals surface area contributed by atoms with E-state index in [0.29, 0.717) is 6.54 Å². The number of ether oxygens (including phenoxy) is 1. The lowest BCUT2D eigenvalue weighted by Crippen LogP contribution is -1.97. The highest BCUT2D eigenvalue weighted by atomic mass is 16.5. The van der Waals surface area contributed by atoms with Crippen molar-refractivity contribution < 1.29 is 4.74 Å². The second-order valence-electron chi connectivity index (χ2n) is 4.07. The van der Waals surface area contributed by atoms with E-state index in [2.05, 4.69) is 11.2 Å². The van der Waals surface area contributed by atoms with Crippen molar-refractivity contribution in [3.63, 3.8) is 0 Å². The number of nitrogens with zero attached hydrogens (tertiary/aromatic N) is 2. The van der Waals surface area contributed by atoms with Gasteiger partial charge in [-0.1, -0.05) is 0 Å². The number of methoxy groups -OCH3 is 1. The first-order valence-electron chi connectivity index (χ1n) is 5.53. The van der Waals surface area contributed by atoms with Gasteiger partial charge in [0, 0.05) is 30.9 Å². The minimum absolute atomic E-state index is 0.494. The van der Waals surface area contributed by atoms with E-state index in [1.165, 1.54) is 0 Å². The number of hydrogen-bond acceptors (Lipinski definition) is 3. The predicted molar refractivity (Wildman–Crippen MR) is 67.8 cm³/mol. The predicted octanol–water partition coefficient (Wildman–Crippen LogP) is 1.86. The van der Waals surface area contributed by atoms with Crippen molar-refractivity contribution in [2.75, 3.05) is 7.11 Å². The SMILES string of the molecule is COc1ccc(-c2nn(C)cc2CN)cc1C. The Labute approximate surface area is 101 Å². The topological polar surface area (TPSA) is 53.1 Å². The van der Waals surface area contributed by atoms with Crippen LogP contribution >= 0.6 is 0 Å². The molecule has 0 aliphatic heterocycles. The van der Waals surface area contributed by atoms with Crippen molar-refractivity contribution in [1.82, 2.24) is 9.78 Å². The molecular weight excluding hydrogens is 214 g/mol. The van der Waals surface area contributed by atoms with Crippen molar-refractivity contribution in [2.45, 2.75) is 13.5 Å². The van der Waals surface area contributed by atoms with Crippen LogP contribution in [0.5, 0.6) is 5.75 Å². The van der Waals surface area contributed by atoms with Gasteiger partial charge in [-0.2, -0.15) is 5.10 Å². The number of aromatic nitrogens is 2. The first kappa shape index (κ1) is 11.7. The summed E-state index contributed by atoms with van der Waals surface area (Å²) in [6.45, 7) is 2.52. The lowest BCUT2D eigenvalue weighted by atomic mass is 10.1. The van der Waals surface area contributed by atoms with Crippen LogP contribution < -0.4 is 10.5 Å². The molecule has 1 aromatic carbocycles. The van der Waals surface area contributed by atoms with Gasteiger partial charge < -0.3 is 10.5 Å². The summed E-state index contributed by atoms with van der Waals surface area (Å²) in [6.07, 6.45) is 1.95. The molecule has 90 valence electrons. The van der Waals surface area contributed by atoms with E-state index in [4.69, 9.17) is 10.5 Å². The van der Waals surface area contributed by atoms with Crippen LogP contribution in [-0.4, -0.2) is 16.9 Å². The third-order valence-electron chi connectivity index (χ3n) is 2.79. The van der Waals surface area contributed by atoms with Crippen LogP contribution in [-0.2, 0) is 13.6 Å². The molecule has 0 spiro atoms. The highest BCUT2D eigenvalue weighted by molar-refractivity contribution is 5.65. The quantitative estimate of drug-likeness (QED) is 0.877.